The third kappa shape index (κ3) is 4.30. The largest absolute Gasteiger partial charge is 0.317 e. The third-order valence-corrected chi connectivity index (χ3v) is 5.22. The van der Waals surface area contributed by atoms with Gasteiger partial charge in [0.15, 0.2) is 0 Å². The molecule has 0 heterocycles. The van der Waals surface area contributed by atoms with Crippen LogP contribution >= 0.6 is 0 Å². The molecule has 1 aliphatic carbocycles. The maximum absolute atomic E-state index is 12.1. The quantitative estimate of drug-likeness (QED) is 0.721. The average Bonchev–Trinajstić information content (AvgIpc) is 3.10. The summed E-state index contributed by atoms with van der Waals surface area (Å²) in [6, 6.07) is 7.36. The van der Waals surface area contributed by atoms with E-state index in [1.54, 1.807) is 12.1 Å². The lowest BCUT2D eigenvalue weighted by atomic mass is 10.1. The molecule has 1 saturated carbocycles. The summed E-state index contributed by atoms with van der Waals surface area (Å²) in [5.41, 5.74) is 1.18. The molecule has 0 amide bonds. The molecule has 1 aromatic rings. The summed E-state index contributed by atoms with van der Waals surface area (Å²) in [5.74, 6) is 0.468. The Morgan fingerprint density at radius 2 is 1.90 bits per heavy atom. The van der Waals surface area contributed by atoms with Gasteiger partial charge in [-0.1, -0.05) is 26.0 Å². The number of hydrogen-bond acceptors (Lipinski definition) is 3. The Kier molecular flexibility index (Phi) is 5.18. The molecule has 20 heavy (non-hydrogen) atoms. The van der Waals surface area contributed by atoms with Crippen LogP contribution in [0.25, 0.3) is 0 Å². The maximum atomic E-state index is 12.1. The molecule has 2 rings (SSSR count). The van der Waals surface area contributed by atoms with Gasteiger partial charge in [0.2, 0.25) is 10.0 Å². The van der Waals surface area contributed by atoms with Crippen LogP contribution in [-0.4, -0.2) is 27.5 Å². The summed E-state index contributed by atoms with van der Waals surface area (Å²) in [7, 11) is -3.34. The Morgan fingerprint density at radius 3 is 2.45 bits per heavy atom. The van der Waals surface area contributed by atoms with E-state index in [9.17, 15) is 8.42 Å². The third-order valence-electron chi connectivity index (χ3n) is 3.72. The van der Waals surface area contributed by atoms with E-state index in [1.165, 1.54) is 5.56 Å². The van der Waals surface area contributed by atoms with Gasteiger partial charge in [-0.05, 0) is 56.0 Å². The van der Waals surface area contributed by atoms with Crippen molar-refractivity contribution >= 4 is 10.0 Å². The van der Waals surface area contributed by atoms with Crippen molar-refractivity contribution < 1.29 is 8.42 Å². The number of benzene rings is 1. The van der Waals surface area contributed by atoms with Gasteiger partial charge >= 0.3 is 0 Å². The molecule has 4 nitrogen and oxygen atoms in total. The zero-order chi connectivity index (χ0) is 14.6. The van der Waals surface area contributed by atoms with Gasteiger partial charge in [-0.3, -0.25) is 0 Å². The highest BCUT2D eigenvalue weighted by atomic mass is 32.2. The van der Waals surface area contributed by atoms with Crippen molar-refractivity contribution in [3.05, 3.63) is 29.8 Å². The second-order valence-electron chi connectivity index (χ2n) is 5.54. The highest BCUT2D eigenvalue weighted by molar-refractivity contribution is 7.89. The number of hydrogen-bond donors (Lipinski definition) is 2. The van der Waals surface area contributed by atoms with Gasteiger partial charge in [-0.15, -0.1) is 0 Å². The van der Waals surface area contributed by atoms with Crippen molar-refractivity contribution in [1.29, 1.82) is 0 Å². The number of aryl methyl sites for hydroxylation is 1. The van der Waals surface area contributed by atoms with Gasteiger partial charge in [0, 0.05) is 6.04 Å². The first-order valence-electron chi connectivity index (χ1n) is 7.35. The van der Waals surface area contributed by atoms with E-state index in [-0.39, 0.29) is 6.04 Å². The first kappa shape index (κ1) is 15.5. The fourth-order valence-electron chi connectivity index (χ4n) is 2.18. The minimum Gasteiger partial charge on any atom is -0.317 e. The van der Waals surface area contributed by atoms with E-state index >= 15 is 0 Å². The van der Waals surface area contributed by atoms with Crippen LogP contribution in [0.3, 0.4) is 0 Å². The lowest BCUT2D eigenvalue weighted by Crippen LogP contribution is -2.26. The predicted molar refractivity (Wildman–Crippen MR) is 81.2 cm³/mol. The fourth-order valence-corrected chi connectivity index (χ4v) is 3.54. The molecule has 0 bridgehead atoms. The first-order valence-corrected chi connectivity index (χ1v) is 8.83. The molecule has 1 aliphatic rings. The smallest absolute Gasteiger partial charge is 0.240 e. The summed E-state index contributed by atoms with van der Waals surface area (Å²) in [6.07, 6.45) is 2.99. The molecule has 112 valence electrons. The summed E-state index contributed by atoms with van der Waals surface area (Å²) < 4.78 is 27.0. The van der Waals surface area contributed by atoms with E-state index < -0.39 is 10.0 Å². The Hall–Kier alpha value is -0.910. The lowest BCUT2D eigenvalue weighted by molar-refractivity contribution is 0.578. The standard InChI is InChI=1S/C15H24N2O2S/c1-3-16-10-4-5-13-6-8-14(9-7-13)20(18,19)17-15-11-12(15)2/h6-9,12,15-17H,3-5,10-11H2,1-2H3. The zero-order valence-corrected chi connectivity index (χ0v) is 13.0. The van der Waals surface area contributed by atoms with Crippen LogP contribution in [-0.2, 0) is 16.4 Å². The maximum Gasteiger partial charge on any atom is 0.240 e. The highest BCUT2D eigenvalue weighted by Crippen LogP contribution is 2.30. The molecule has 2 unspecified atom stereocenters. The number of rotatable bonds is 8. The Morgan fingerprint density at radius 1 is 1.25 bits per heavy atom. The molecule has 0 spiro atoms. The minimum absolute atomic E-state index is 0.125. The van der Waals surface area contributed by atoms with Crippen LogP contribution in [0.15, 0.2) is 29.2 Å². The minimum atomic E-state index is -3.34. The van der Waals surface area contributed by atoms with Crippen LogP contribution in [0.1, 0.15) is 32.3 Å². The van der Waals surface area contributed by atoms with Crippen molar-refractivity contribution in [1.82, 2.24) is 10.0 Å². The van der Waals surface area contributed by atoms with Crippen molar-refractivity contribution in [2.24, 2.45) is 5.92 Å². The van der Waals surface area contributed by atoms with Gasteiger partial charge in [-0.2, -0.15) is 0 Å². The lowest BCUT2D eigenvalue weighted by Gasteiger charge is -2.07. The molecule has 5 heteroatoms. The predicted octanol–water partition coefficient (Wildman–Crippen LogP) is 1.92. The molecular weight excluding hydrogens is 272 g/mol. The Labute approximate surface area is 122 Å². The molecule has 0 aliphatic heterocycles. The SMILES string of the molecule is CCNCCCc1ccc(S(=O)(=O)NC2CC2C)cc1. The van der Waals surface area contributed by atoms with Gasteiger partial charge in [0.25, 0.3) is 0 Å². The summed E-state index contributed by atoms with van der Waals surface area (Å²) in [5, 5.41) is 3.28. The summed E-state index contributed by atoms with van der Waals surface area (Å²) in [6.45, 7) is 6.13. The number of sulfonamides is 1. The second-order valence-corrected chi connectivity index (χ2v) is 7.26. The molecule has 0 radical (unpaired) electrons. The molecule has 0 saturated heterocycles. The van der Waals surface area contributed by atoms with Crippen LogP contribution in [0.4, 0.5) is 0 Å². The molecule has 0 aromatic heterocycles. The summed E-state index contributed by atoms with van der Waals surface area (Å²) >= 11 is 0. The molecule has 1 aromatic carbocycles. The van der Waals surface area contributed by atoms with Gasteiger partial charge in [0.05, 0.1) is 4.90 Å². The van der Waals surface area contributed by atoms with Crippen molar-refractivity contribution in [2.75, 3.05) is 13.1 Å². The zero-order valence-electron chi connectivity index (χ0n) is 12.2. The molecule has 2 atom stereocenters. The van der Waals surface area contributed by atoms with E-state index in [4.69, 9.17) is 0 Å². The van der Waals surface area contributed by atoms with Crippen molar-refractivity contribution in [3.8, 4) is 0 Å². The van der Waals surface area contributed by atoms with E-state index in [0.717, 1.165) is 32.4 Å². The van der Waals surface area contributed by atoms with E-state index in [2.05, 4.69) is 23.9 Å². The normalized spacial score (nSPS) is 21.9. The average molecular weight is 296 g/mol. The molecule has 2 N–H and O–H groups in total. The van der Waals surface area contributed by atoms with Crippen molar-refractivity contribution in [2.45, 2.75) is 44.0 Å². The van der Waals surface area contributed by atoms with Crippen LogP contribution in [0, 0.1) is 5.92 Å². The van der Waals surface area contributed by atoms with E-state index in [1.807, 2.05) is 12.1 Å². The van der Waals surface area contributed by atoms with Crippen LogP contribution in [0.5, 0.6) is 0 Å². The monoisotopic (exact) mass is 296 g/mol. The fraction of sp³-hybridized carbons (Fsp3) is 0.600. The Balaban J connectivity index is 1.90. The van der Waals surface area contributed by atoms with Crippen molar-refractivity contribution in [3.63, 3.8) is 0 Å². The van der Waals surface area contributed by atoms with Gasteiger partial charge in [0.1, 0.15) is 0 Å². The van der Waals surface area contributed by atoms with Crippen LogP contribution < -0.4 is 10.0 Å². The second kappa shape index (κ2) is 6.70. The van der Waals surface area contributed by atoms with E-state index in [0.29, 0.717) is 10.8 Å². The van der Waals surface area contributed by atoms with Gasteiger partial charge in [-0.25, -0.2) is 13.1 Å². The molecular formula is C15H24N2O2S. The first-order chi connectivity index (χ1) is 9.53. The highest BCUT2D eigenvalue weighted by Gasteiger charge is 2.36. The summed E-state index contributed by atoms with van der Waals surface area (Å²) in [4.78, 5) is 0.368. The molecule has 1 fully saturated rings. The van der Waals surface area contributed by atoms with Gasteiger partial charge < -0.3 is 5.32 Å². The Bertz CT molecular complexity index is 525. The number of nitrogens with one attached hydrogen (secondary N) is 2. The van der Waals surface area contributed by atoms with Crippen LogP contribution in [0.2, 0.25) is 0 Å². The topological polar surface area (TPSA) is 58.2 Å².